The topological polar surface area (TPSA) is 65.8 Å². The minimum absolute atomic E-state index is 0.0467. The Morgan fingerprint density at radius 3 is 2.44 bits per heavy atom. The normalized spacial score (nSPS) is 13.8. The number of halogens is 2. The van der Waals surface area contributed by atoms with E-state index in [0.29, 0.717) is 48.8 Å². The van der Waals surface area contributed by atoms with E-state index < -0.39 is 0 Å². The summed E-state index contributed by atoms with van der Waals surface area (Å²) < 4.78 is 26.0. The number of nitrogens with zero attached hydrogens (tertiary/aromatic N) is 3. The Kier molecular flexibility index (Phi) is 8.44. The maximum absolute atomic E-state index is 14.0. The number of hydrogen-bond donors (Lipinski definition) is 0. The molecule has 0 unspecified atom stereocenters. The number of carbonyl (C=O) groups excluding carboxylic acids is 1. The van der Waals surface area contributed by atoms with Crippen molar-refractivity contribution in [3.63, 3.8) is 0 Å². The molecule has 1 heterocycles. The Morgan fingerprint density at radius 1 is 1.08 bits per heavy atom. The van der Waals surface area contributed by atoms with Crippen molar-refractivity contribution in [2.24, 2.45) is 0 Å². The average Bonchev–Trinajstić information content (AvgIpc) is 2.92. The van der Waals surface area contributed by atoms with Gasteiger partial charge in [0.1, 0.15) is 24.1 Å². The first-order chi connectivity index (χ1) is 17.5. The summed E-state index contributed by atoms with van der Waals surface area (Å²) in [5, 5.41) is 9.74. The van der Waals surface area contributed by atoms with Gasteiger partial charge in [0.15, 0.2) is 11.5 Å². The second-order valence-electron chi connectivity index (χ2n) is 8.20. The van der Waals surface area contributed by atoms with Gasteiger partial charge in [-0.05, 0) is 64.6 Å². The van der Waals surface area contributed by atoms with Crippen LogP contribution in [0.15, 0.2) is 72.3 Å². The number of piperazine rings is 1. The van der Waals surface area contributed by atoms with Gasteiger partial charge in [0.25, 0.3) is 5.91 Å². The molecular weight excluding hydrogens is 572 g/mol. The fourth-order valence-corrected chi connectivity index (χ4v) is 4.80. The first-order valence-corrected chi connectivity index (χ1v) is 12.5. The SMILES string of the molecule is COc1cc(/C=C(/C#N)C(=O)N2CCN(c3ccccc3)CC2)cc(I)c1OCc1ccccc1F. The van der Waals surface area contributed by atoms with Gasteiger partial charge in [0.05, 0.1) is 10.7 Å². The van der Waals surface area contributed by atoms with Gasteiger partial charge >= 0.3 is 0 Å². The van der Waals surface area contributed by atoms with Crippen LogP contribution in [-0.4, -0.2) is 44.1 Å². The molecular formula is C28H25FIN3O3. The summed E-state index contributed by atoms with van der Waals surface area (Å²) >= 11 is 2.10. The number of anilines is 1. The molecule has 6 nitrogen and oxygen atoms in total. The lowest BCUT2D eigenvalue weighted by Crippen LogP contribution is -2.49. The number of benzene rings is 3. The van der Waals surface area contributed by atoms with Crippen molar-refractivity contribution in [1.82, 2.24) is 4.90 Å². The fraction of sp³-hybridized carbons (Fsp3) is 0.214. The molecule has 184 valence electrons. The predicted octanol–water partition coefficient (Wildman–Crippen LogP) is 5.27. The lowest BCUT2D eigenvalue weighted by molar-refractivity contribution is -0.126. The second kappa shape index (κ2) is 11.9. The molecule has 0 spiro atoms. The zero-order valence-corrected chi connectivity index (χ0v) is 21.9. The Balaban J connectivity index is 1.47. The smallest absolute Gasteiger partial charge is 0.264 e. The van der Waals surface area contributed by atoms with E-state index in [4.69, 9.17) is 9.47 Å². The van der Waals surface area contributed by atoms with Gasteiger partial charge < -0.3 is 19.3 Å². The third-order valence-corrected chi connectivity index (χ3v) is 6.73. The van der Waals surface area contributed by atoms with Gasteiger partial charge in [-0.15, -0.1) is 0 Å². The molecule has 0 N–H and O–H groups in total. The molecule has 0 atom stereocenters. The van der Waals surface area contributed by atoms with E-state index in [1.54, 1.807) is 41.3 Å². The van der Waals surface area contributed by atoms with Crippen LogP contribution in [0.1, 0.15) is 11.1 Å². The van der Waals surface area contributed by atoms with Crippen molar-refractivity contribution in [3.8, 4) is 17.6 Å². The summed E-state index contributed by atoms with van der Waals surface area (Å²) in [4.78, 5) is 17.0. The Hall–Kier alpha value is -3.58. The van der Waals surface area contributed by atoms with E-state index in [2.05, 4.69) is 45.7 Å². The summed E-state index contributed by atoms with van der Waals surface area (Å²) in [7, 11) is 1.51. The lowest BCUT2D eigenvalue weighted by atomic mass is 10.1. The molecule has 0 saturated carbocycles. The van der Waals surface area contributed by atoms with Crippen molar-refractivity contribution < 1.29 is 18.7 Å². The van der Waals surface area contributed by atoms with Crippen LogP contribution in [0.4, 0.5) is 10.1 Å². The highest BCUT2D eigenvalue weighted by atomic mass is 127. The number of amides is 1. The Morgan fingerprint density at radius 2 is 1.78 bits per heavy atom. The molecule has 3 aromatic rings. The molecule has 36 heavy (non-hydrogen) atoms. The number of hydrogen-bond acceptors (Lipinski definition) is 5. The maximum Gasteiger partial charge on any atom is 0.264 e. The zero-order valence-electron chi connectivity index (χ0n) is 19.8. The molecule has 0 radical (unpaired) electrons. The van der Waals surface area contributed by atoms with Crippen LogP contribution in [0.2, 0.25) is 0 Å². The largest absolute Gasteiger partial charge is 0.493 e. The van der Waals surface area contributed by atoms with Crippen LogP contribution in [0.25, 0.3) is 6.08 Å². The van der Waals surface area contributed by atoms with E-state index in [9.17, 15) is 14.4 Å². The predicted molar refractivity (Wildman–Crippen MR) is 145 cm³/mol. The van der Waals surface area contributed by atoms with Gasteiger partial charge in [-0.25, -0.2) is 4.39 Å². The first kappa shape index (κ1) is 25.5. The fourth-order valence-electron chi connectivity index (χ4n) is 4.01. The van der Waals surface area contributed by atoms with Gasteiger partial charge in [-0.2, -0.15) is 5.26 Å². The number of methoxy groups -OCH3 is 1. The van der Waals surface area contributed by atoms with Crippen molar-refractivity contribution in [2.45, 2.75) is 6.61 Å². The summed E-state index contributed by atoms with van der Waals surface area (Å²) in [6.07, 6.45) is 1.57. The molecule has 4 rings (SSSR count). The average molecular weight is 597 g/mol. The van der Waals surface area contributed by atoms with Crippen LogP contribution < -0.4 is 14.4 Å². The van der Waals surface area contributed by atoms with Gasteiger partial charge in [0, 0.05) is 37.4 Å². The van der Waals surface area contributed by atoms with Gasteiger partial charge in [0.2, 0.25) is 0 Å². The molecule has 0 bridgehead atoms. The third kappa shape index (κ3) is 5.97. The second-order valence-corrected chi connectivity index (χ2v) is 9.36. The summed E-state index contributed by atoms with van der Waals surface area (Å²) in [5.74, 6) is 0.276. The third-order valence-electron chi connectivity index (χ3n) is 5.93. The van der Waals surface area contributed by atoms with Crippen molar-refractivity contribution >= 4 is 40.3 Å². The lowest BCUT2D eigenvalue weighted by Gasteiger charge is -2.36. The highest BCUT2D eigenvalue weighted by molar-refractivity contribution is 14.1. The quantitative estimate of drug-likeness (QED) is 0.211. The Labute approximate surface area is 223 Å². The van der Waals surface area contributed by atoms with E-state index in [-0.39, 0.29) is 23.9 Å². The highest BCUT2D eigenvalue weighted by Gasteiger charge is 2.24. The number of ether oxygens (including phenoxy) is 2. The summed E-state index contributed by atoms with van der Waals surface area (Å²) in [5.41, 5.74) is 2.26. The van der Waals surface area contributed by atoms with Crippen LogP contribution in [0.5, 0.6) is 11.5 Å². The summed E-state index contributed by atoms with van der Waals surface area (Å²) in [6, 6.07) is 22.1. The van der Waals surface area contributed by atoms with Crippen LogP contribution >= 0.6 is 22.6 Å². The Bertz CT molecular complexity index is 1300. The standard InChI is InChI=1S/C28H25FIN3O3/c1-35-26-17-20(16-25(30)27(26)36-19-21-7-5-6-10-24(21)29)15-22(18-31)28(34)33-13-11-32(12-14-33)23-8-3-2-4-9-23/h2-10,15-17H,11-14,19H2,1H3/b22-15-. The molecule has 1 amide bonds. The molecule has 1 fully saturated rings. The first-order valence-electron chi connectivity index (χ1n) is 11.4. The van der Waals surface area contributed by atoms with Crippen LogP contribution in [-0.2, 0) is 11.4 Å². The van der Waals surface area contributed by atoms with E-state index >= 15 is 0 Å². The maximum atomic E-state index is 14.0. The van der Waals surface area contributed by atoms with E-state index in [1.807, 2.05) is 18.2 Å². The number of carbonyl (C=O) groups is 1. The number of para-hydroxylation sites is 1. The minimum atomic E-state index is -0.340. The molecule has 1 aliphatic heterocycles. The monoisotopic (exact) mass is 597 g/mol. The number of rotatable bonds is 7. The highest BCUT2D eigenvalue weighted by Crippen LogP contribution is 2.35. The molecule has 1 saturated heterocycles. The zero-order chi connectivity index (χ0) is 25.5. The van der Waals surface area contributed by atoms with Crippen molar-refractivity contribution in [3.05, 3.63) is 92.8 Å². The van der Waals surface area contributed by atoms with E-state index in [0.717, 1.165) is 9.26 Å². The molecule has 0 aliphatic carbocycles. The molecule has 0 aromatic heterocycles. The van der Waals surface area contributed by atoms with Gasteiger partial charge in [-0.1, -0.05) is 36.4 Å². The summed E-state index contributed by atoms with van der Waals surface area (Å²) in [6.45, 7) is 2.53. The minimum Gasteiger partial charge on any atom is -0.493 e. The van der Waals surface area contributed by atoms with Crippen molar-refractivity contribution in [2.75, 3.05) is 38.2 Å². The molecule has 8 heteroatoms. The van der Waals surface area contributed by atoms with E-state index in [1.165, 1.54) is 13.2 Å². The van der Waals surface area contributed by atoms with Gasteiger partial charge in [-0.3, -0.25) is 4.79 Å². The van der Waals surface area contributed by atoms with Crippen molar-refractivity contribution in [1.29, 1.82) is 5.26 Å². The molecule has 1 aliphatic rings. The van der Waals surface area contributed by atoms with Crippen LogP contribution in [0.3, 0.4) is 0 Å². The van der Waals surface area contributed by atoms with Crippen LogP contribution in [0, 0.1) is 20.7 Å². The number of nitriles is 1. The molecule has 3 aromatic carbocycles.